The molecule has 3 rings (SSSR count). The second kappa shape index (κ2) is 5.94. The number of hydrogen-bond acceptors (Lipinski definition) is 3. The van der Waals surface area contributed by atoms with E-state index in [9.17, 15) is 0 Å². The van der Waals surface area contributed by atoms with Crippen molar-refractivity contribution in [2.45, 2.75) is 13.5 Å². The van der Waals surface area contributed by atoms with Crippen LogP contribution in [-0.2, 0) is 6.54 Å². The second-order valence-electron chi connectivity index (χ2n) is 5.03. The third kappa shape index (κ3) is 3.03. The average molecular weight is 278 g/mol. The highest BCUT2D eigenvalue weighted by atomic mass is 16.5. The maximum atomic E-state index is 5.87. The number of ether oxygens (including phenoxy) is 1. The lowest BCUT2D eigenvalue weighted by atomic mass is 10.1. The van der Waals surface area contributed by atoms with Gasteiger partial charge in [0.15, 0.2) is 0 Å². The smallest absolute Gasteiger partial charge is 0.128 e. The summed E-state index contributed by atoms with van der Waals surface area (Å²) in [4.78, 5) is 4.65. The fourth-order valence-corrected chi connectivity index (χ4v) is 2.35. The number of para-hydroxylation sites is 1. The van der Waals surface area contributed by atoms with E-state index in [2.05, 4.69) is 16.4 Å². The molecule has 0 radical (unpaired) electrons. The molecule has 0 aliphatic heterocycles. The highest BCUT2D eigenvalue weighted by Crippen LogP contribution is 2.26. The molecular formula is C18H18N2O. The van der Waals surface area contributed by atoms with Crippen LogP contribution >= 0.6 is 0 Å². The molecule has 21 heavy (non-hydrogen) atoms. The van der Waals surface area contributed by atoms with Crippen LogP contribution in [0.2, 0.25) is 0 Å². The minimum Gasteiger partial charge on any atom is -0.457 e. The molecule has 3 aromatic rings. The Morgan fingerprint density at radius 3 is 2.57 bits per heavy atom. The van der Waals surface area contributed by atoms with Gasteiger partial charge in [0.05, 0.1) is 5.52 Å². The molecule has 0 aliphatic carbocycles. The van der Waals surface area contributed by atoms with Crippen molar-refractivity contribution in [2.75, 3.05) is 7.05 Å². The molecule has 0 amide bonds. The van der Waals surface area contributed by atoms with Crippen molar-refractivity contribution < 1.29 is 4.74 Å². The molecule has 2 aromatic carbocycles. The highest BCUT2D eigenvalue weighted by Gasteiger charge is 2.05. The molecule has 0 unspecified atom stereocenters. The van der Waals surface area contributed by atoms with Crippen molar-refractivity contribution in [3.05, 3.63) is 65.9 Å². The molecule has 3 heteroatoms. The number of hydrogen-bond donors (Lipinski definition) is 1. The number of aryl methyl sites for hydroxylation is 1. The highest BCUT2D eigenvalue weighted by molar-refractivity contribution is 5.81. The Morgan fingerprint density at radius 2 is 1.81 bits per heavy atom. The molecule has 3 nitrogen and oxygen atoms in total. The van der Waals surface area contributed by atoms with Gasteiger partial charge in [-0.2, -0.15) is 0 Å². The summed E-state index contributed by atoms with van der Waals surface area (Å²) in [5.74, 6) is 1.67. The van der Waals surface area contributed by atoms with Crippen LogP contribution in [0.15, 0.2) is 54.6 Å². The van der Waals surface area contributed by atoms with Gasteiger partial charge in [0.1, 0.15) is 11.5 Å². The molecule has 106 valence electrons. The van der Waals surface area contributed by atoms with Crippen molar-refractivity contribution in [3.63, 3.8) is 0 Å². The van der Waals surface area contributed by atoms with Crippen LogP contribution in [0.3, 0.4) is 0 Å². The minimum atomic E-state index is 0.818. The number of pyridine rings is 1. The number of benzene rings is 2. The topological polar surface area (TPSA) is 34.1 Å². The molecule has 0 saturated carbocycles. The molecule has 0 atom stereocenters. The van der Waals surface area contributed by atoms with Gasteiger partial charge < -0.3 is 10.1 Å². The first-order valence-electron chi connectivity index (χ1n) is 7.04. The molecule has 1 heterocycles. The maximum Gasteiger partial charge on any atom is 0.128 e. The molecule has 0 fully saturated rings. The Hall–Kier alpha value is -2.39. The second-order valence-corrected chi connectivity index (χ2v) is 5.03. The van der Waals surface area contributed by atoms with Crippen molar-refractivity contribution in [1.29, 1.82) is 0 Å². The minimum absolute atomic E-state index is 0.818. The third-order valence-electron chi connectivity index (χ3n) is 3.43. The number of nitrogens with one attached hydrogen (secondary N) is 1. The fourth-order valence-electron chi connectivity index (χ4n) is 2.35. The van der Waals surface area contributed by atoms with Crippen molar-refractivity contribution in [2.24, 2.45) is 0 Å². The van der Waals surface area contributed by atoms with Crippen LogP contribution in [0.4, 0.5) is 0 Å². The first-order valence-corrected chi connectivity index (χ1v) is 7.04. The van der Waals surface area contributed by atoms with Crippen molar-refractivity contribution in [3.8, 4) is 11.5 Å². The molecule has 1 aromatic heterocycles. The Kier molecular flexibility index (Phi) is 3.84. The van der Waals surface area contributed by atoms with Gasteiger partial charge in [-0.05, 0) is 55.9 Å². The van der Waals surface area contributed by atoms with E-state index in [-0.39, 0.29) is 0 Å². The number of aromatic nitrogens is 1. The Balaban J connectivity index is 1.97. The lowest BCUT2D eigenvalue weighted by Gasteiger charge is -2.09. The average Bonchev–Trinajstić information content (AvgIpc) is 2.50. The van der Waals surface area contributed by atoms with Crippen LogP contribution in [0.25, 0.3) is 10.9 Å². The van der Waals surface area contributed by atoms with Crippen LogP contribution < -0.4 is 10.1 Å². The van der Waals surface area contributed by atoms with Gasteiger partial charge in [0.2, 0.25) is 0 Å². The van der Waals surface area contributed by atoms with Crippen LogP contribution in [0.1, 0.15) is 11.3 Å². The predicted octanol–water partition coefficient (Wildman–Crippen LogP) is 4.05. The summed E-state index contributed by atoms with van der Waals surface area (Å²) >= 11 is 0. The lowest BCUT2D eigenvalue weighted by Crippen LogP contribution is -2.07. The van der Waals surface area contributed by atoms with Gasteiger partial charge in [0.25, 0.3) is 0 Å². The number of fused-ring (bicyclic) bond motifs is 1. The zero-order valence-electron chi connectivity index (χ0n) is 12.3. The summed E-state index contributed by atoms with van der Waals surface area (Å²) in [6, 6.07) is 18.0. The molecule has 0 bridgehead atoms. The zero-order chi connectivity index (χ0) is 14.7. The van der Waals surface area contributed by atoms with E-state index in [4.69, 9.17) is 4.74 Å². The quantitative estimate of drug-likeness (QED) is 0.781. The fraction of sp³-hybridized carbons (Fsp3) is 0.167. The van der Waals surface area contributed by atoms with Crippen LogP contribution in [0, 0.1) is 6.92 Å². The summed E-state index contributed by atoms with van der Waals surface area (Å²) < 4.78 is 5.87. The summed E-state index contributed by atoms with van der Waals surface area (Å²) in [5, 5.41) is 4.27. The molecular weight excluding hydrogens is 260 g/mol. The summed E-state index contributed by atoms with van der Waals surface area (Å²) in [6.45, 7) is 2.86. The third-order valence-corrected chi connectivity index (χ3v) is 3.43. The Morgan fingerprint density at radius 1 is 1.00 bits per heavy atom. The predicted molar refractivity (Wildman–Crippen MR) is 85.8 cm³/mol. The normalized spacial score (nSPS) is 10.8. The molecule has 1 N–H and O–H groups in total. The largest absolute Gasteiger partial charge is 0.457 e. The van der Waals surface area contributed by atoms with E-state index in [1.54, 1.807) is 0 Å². The van der Waals surface area contributed by atoms with Gasteiger partial charge in [-0.15, -0.1) is 0 Å². The van der Waals surface area contributed by atoms with E-state index in [1.165, 1.54) is 5.56 Å². The summed E-state index contributed by atoms with van der Waals surface area (Å²) in [5.41, 5.74) is 3.27. The van der Waals surface area contributed by atoms with Gasteiger partial charge in [0, 0.05) is 17.6 Å². The number of nitrogens with zero attached hydrogens (tertiary/aromatic N) is 1. The van der Waals surface area contributed by atoms with Crippen LogP contribution in [0.5, 0.6) is 11.5 Å². The van der Waals surface area contributed by atoms with E-state index >= 15 is 0 Å². The van der Waals surface area contributed by atoms with E-state index < -0.39 is 0 Å². The zero-order valence-corrected chi connectivity index (χ0v) is 12.3. The summed E-state index contributed by atoms with van der Waals surface area (Å²) in [6.07, 6.45) is 0. The van der Waals surface area contributed by atoms with Crippen LogP contribution in [-0.4, -0.2) is 12.0 Å². The van der Waals surface area contributed by atoms with Gasteiger partial charge >= 0.3 is 0 Å². The van der Waals surface area contributed by atoms with E-state index in [0.717, 1.165) is 34.6 Å². The summed E-state index contributed by atoms with van der Waals surface area (Å²) in [7, 11) is 1.94. The van der Waals surface area contributed by atoms with E-state index in [1.807, 2.05) is 62.5 Å². The van der Waals surface area contributed by atoms with Crippen molar-refractivity contribution >= 4 is 10.9 Å². The van der Waals surface area contributed by atoms with Crippen molar-refractivity contribution in [1.82, 2.24) is 10.3 Å². The maximum absolute atomic E-state index is 5.87. The monoisotopic (exact) mass is 278 g/mol. The van der Waals surface area contributed by atoms with Gasteiger partial charge in [-0.25, -0.2) is 0 Å². The first-order chi connectivity index (χ1) is 10.3. The van der Waals surface area contributed by atoms with Gasteiger partial charge in [-0.3, -0.25) is 4.98 Å². The molecule has 0 saturated heterocycles. The van der Waals surface area contributed by atoms with Gasteiger partial charge in [-0.1, -0.05) is 18.2 Å². The Bertz CT molecular complexity index is 754. The standard InChI is InChI=1S/C18H18N2O/c1-13-15(12-19-2)10-14-11-17(8-9-18(14)20-13)21-16-6-4-3-5-7-16/h3-11,19H,12H2,1-2H3. The van der Waals surface area contributed by atoms with E-state index in [0.29, 0.717) is 0 Å². The first kappa shape index (κ1) is 13.6. The SMILES string of the molecule is CNCc1cc2cc(Oc3ccccc3)ccc2nc1C. The Labute approximate surface area is 124 Å². The number of rotatable bonds is 4. The molecule has 0 spiro atoms. The molecule has 0 aliphatic rings. The lowest BCUT2D eigenvalue weighted by molar-refractivity contribution is 0.483.